The summed E-state index contributed by atoms with van der Waals surface area (Å²) in [6.45, 7) is 10.9. The Morgan fingerprint density at radius 1 is 1.19 bits per heavy atom. The van der Waals surface area contributed by atoms with E-state index in [1.807, 2.05) is 6.07 Å². The minimum atomic E-state index is -0.0425. The molecule has 1 heterocycles. The zero-order valence-corrected chi connectivity index (χ0v) is 14.3. The molecule has 2 nitrogen and oxygen atoms in total. The van der Waals surface area contributed by atoms with Crippen LogP contribution in [0, 0.1) is 10.6 Å². The van der Waals surface area contributed by atoms with Gasteiger partial charge in [0.25, 0.3) is 0 Å². The highest BCUT2D eigenvalue weighted by atomic mass is 32.1. The summed E-state index contributed by atoms with van der Waals surface area (Å²) in [6.07, 6.45) is 1.09. The third-order valence-corrected chi connectivity index (χ3v) is 3.54. The van der Waals surface area contributed by atoms with Crippen LogP contribution in [0.4, 0.5) is 0 Å². The summed E-state index contributed by atoms with van der Waals surface area (Å²) in [5, 5.41) is 0. The van der Waals surface area contributed by atoms with Gasteiger partial charge in [0.05, 0.1) is 0 Å². The molecule has 0 saturated heterocycles. The van der Waals surface area contributed by atoms with Crippen LogP contribution in [0.5, 0.6) is 0 Å². The van der Waals surface area contributed by atoms with Crippen molar-refractivity contribution in [2.24, 2.45) is 5.92 Å². The first-order valence-corrected chi connectivity index (χ1v) is 7.87. The highest BCUT2D eigenvalue weighted by Crippen LogP contribution is 2.24. The Morgan fingerprint density at radius 2 is 1.90 bits per heavy atom. The summed E-state index contributed by atoms with van der Waals surface area (Å²) in [4.78, 5) is 7.90. The molecule has 0 radical (unpaired) electrons. The van der Waals surface area contributed by atoms with Gasteiger partial charge in [-0.05, 0) is 35.6 Å². The van der Waals surface area contributed by atoms with Crippen LogP contribution in [0.2, 0.25) is 0 Å². The van der Waals surface area contributed by atoms with Crippen LogP contribution in [-0.2, 0) is 11.8 Å². The molecule has 0 spiro atoms. The van der Waals surface area contributed by atoms with Crippen molar-refractivity contribution in [2.75, 3.05) is 0 Å². The van der Waals surface area contributed by atoms with Crippen molar-refractivity contribution in [1.82, 2.24) is 9.97 Å². The van der Waals surface area contributed by atoms with Crippen LogP contribution in [0.25, 0.3) is 11.3 Å². The monoisotopic (exact) mass is 300 g/mol. The van der Waals surface area contributed by atoms with Crippen molar-refractivity contribution in [3.8, 4) is 11.3 Å². The number of rotatable bonds is 3. The van der Waals surface area contributed by atoms with Crippen molar-refractivity contribution < 1.29 is 0 Å². The second kappa shape index (κ2) is 6.10. The largest absolute Gasteiger partial charge is 0.343 e. The number of hydrogen-bond donors (Lipinski definition) is 1. The zero-order valence-electron chi connectivity index (χ0n) is 13.5. The van der Waals surface area contributed by atoms with E-state index < -0.39 is 0 Å². The fraction of sp³-hybridized carbons (Fsp3) is 0.444. The molecule has 2 aromatic rings. The maximum atomic E-state index is 5.33. The average Bonchev–Trinajstić information content (AvgIpc) is 2.36. The highest BCUT2D eigenvalue weighted by Gasteiger charge is 2.17. The molecular formula is C18H24N2S. The Hall–Kier alpha value is -1.48. The van der Waals surface area contributed by atoms with Crippen molar-refractivity contribution in [1.29, 1.82) is 0 Å². The van der Waals surface area contributed by atoms with Gasteiger partial charge in [-0.25, -0.2) is 4.98 Å². The predicted molar refractivity (Wildman–Crippen MR) is 92.1 cm³/mol. The molecule has 0 unspecified atom stereocenters. The van der Waals surface area contributed by atoms with E-state index in [0.29, 0.717) is 10.6 Å². The van der Waals surface area contributed by atoms with Crippen LogP contribution < -0.4 is 0 Å². The SMILES string of the molecule is CC(C)Cc1cccc(-c2cc(=S)nc(C(C)(C)C)[nH]2)c1. The summed E-state index contributed by atoms with van der Waals surface area (Å²) >= 11 is 5.33. The van der Waals surface area contributed by atoms with E-state index in [1.165, 1.54) is 11.1 Å². The van der Waals surface area contributed by atoms with Crippen LogP contribution in [0.3, 0.4) is 0 Å². The molecule has 0 atom stereocenters. The van der Waals surface area contributed by atoms with E-state index in [1.54, 1.807) is 0 Å². The van der Waals surface area contributed by atoms with E-state index in [2.05, 4.69) is 68.9 Å². The number of nitrogens with zero attached hydrogens (tertiary/aromatic N) is 1. The Balaban J connectivity index is 2.47. The minimum Gasteiger partial charge on any atom is -0.343 e. The third-order valence-electron chi connectivity index (χ3n) is 3.34. The molecule has 0 saturated carbocycles. The summed E-state index contributed by atoms with van der Waals surface area (Å²) < 4.78 is 0.642. The maximum Gasteiger partial charge on any atom is 0.130 e. The molecule has 0 aliphatic heterocycles. The Labute approximate surface area is 132 Å². The number of nitrogens with one attached hydrogen (secondary N) is 1. The normalized spacial score (nSPS) is 11.9. The lowest BCUT2D eigenvalue weighted by molar-refractivity contribution is 0.545. The highest BCUT2D eigenvalue weighted by molar-refractivity contribution is 7.71. The second-order valence-electron chi connectivity index (χ2n) is 7.03. The van der Waals surface area contributed by atoms with Gasteiger partial charge in [0.1, 0.15) is 10.5 Å². The molecule has 1 N–H and O–H groups in total. The molecule has 0 bridgehead atoms. The molecule has 0 amide bonds. The summed E-state index contributed by atoms with van der Waals surface area (Å²) in [5.41, 5.74) is 3.53. The van der Waals surface area contributed by atoms with Crippen molar-refractivity contribution in [3.05, 3.63) is 46.4 Å². The zero-order chi connectivity index (χ0) is 15.6. The molecule has 0 aliphatic rings. The Morgan fingerprint density at radius 3 is 2.52 bits per heavy atom. The van der Waals surface area contributed by atoms with E-state index in [0.717, 1.165) is 17.9 Å². The van der Waals surface area contributed by atoms with E-state index >= 15 is 0 Å². The fourth-order valence-electron chi connectivity index (χ4n) is 2.31. The lowest BCUT2D eigenvalue weighted by Gasteiger charge is -2.18. The first-order chi connectivity index (χ1) is 9.75. The average molecular weight is 300 g/mol. The van der Waals surface area contributed by atoms with Gasteiger partial charge in [-0.2, -0.15) is 0 Å². The molecule has 1 aromatic carbocycles. The molecule has 0 aliphatic carbocycles. The van der Waals surface area contributed by atoms with Crippen molar-refractivity contribution >= 4 is 12.2 Å². The number of aromatic nitrogens is 2. The lowest BCUT2D eigenvalue weighted by Crippen LogP contribution is -2.16. The summed E-state index contributed by atoms with van der Waals surface area (Å²) in [5.74, 6) is 1.58. The standard InChI is InChI=1S/C18H24N2S/c1-12(2)9-13-7-6-8-14(10-13)15-11-16(21)20-17(19-15)18(3,4)5/h6-8,10-12H,9H2,1-5H3,(H,19,20,21). The molecule has 0 fully saturated rings. The van der Waals surface area contributed by atoms with Crippen molar-refractivity contribution in [2.45, 2.75) is 46.5 Å². The van der Waals surface area contributed by atoms with Crippen LogP contribution >= 0.6 is 12.2 Å². The van der Waals surface area contributed by atoms with Crippen LogP contribution in [0.1, 0.15) is 46.0 Å². The first-order valence-electron chi connectivity index (χ1n) is 7.47. The molecule has 2 rings (SSSR count). The molecule has 112 valence electrons. The topological polar surface area (TPSA) is 28.7 Å². The number of benzene rings is 1. The van der Waals surface area contributed by atoms with Gasteiger partial charge in [-0.3, -0.25) is 0 Å². The van der Waals surface area contributed by atoms with Crippen molar-refractivity contribution in [3.63, 3.8) is 0 Å². The minimum absolute atomic E-state index is 0.0425. The maximum absolute atomic E-state index is 5.33. The smallest absolute Gasteiger partial charge is 0.130 e. The van der Waals surface area contributed by atoms with E-state index in [-0.39, 0.29) is 5.41 Å². The second-order valence-corrected chi connectivity index (χ2v) is 7.45. The molecule has 21 heavy (non-hydrogen) atoms. The van der Waals surface area contributed by atoms with Gasteiger partial charge < -0.3 is 4.98 Å². The number of H-pyrrole nitrogens is 1. The predicted octanol–water partition coefficient (Wildman–Crippen LogP) is 5.30. The third kappa shape index (κ3) is 4.24. The van der Waals surface area contributed by atoms with Gasteiger partial charge in [0.2, 0.25) is 0 Å². The number of hydrogen-bond acceptors (Lipinski definition) is 2. The number of aromatic amines is 1. The van der Waals surface area contributed by atoms with Gasteiger partial charge >= 0.3 is 0 Å². The van der Waals surface area contributed by atoms with Gasteiger partial charge in [0.15, 0.2) is 0 Å². The quantitative estimate of drug-likeness (QED) is 0.779. The molecule has 1 aromatic heterocycles. The van der Waals surface area contributed by atoms with Gasteiger partial charge in [-0.15, -0.1) is 0 Å². The van der Waals surface area contributed by atoms with E-state index in [9.17, 15) is 0 Å². The van der Waals surface area contributed by atoms with E-state index in [4.69, 9.17) is 12.2 Å². The van der Waals surface area contributed by atoms with Crippen LogP contribution in [-0.4, -0.2) is 9.97 Å². The van der Waals surface area contributed by atoms with Gasteiger partial charge in [0, 0.05) is 11.1 Å². The van der Waals surface area contributed by atoms with Crippen LogP contribution in [0.15, 0.2) is 30.3 Å². The molecule has 3 heteroatoms. The molecular weight excluding hydrogens is 276 g/mol. The summed E-state index contributed by atoms with van der Waals surface area (Å²) in [6, 6.07) is 10.6. The van der Waals surface area contributed by atoms with Gasteiger partial charge in [-0.1, -0.05) is 65.0 Å². The lowest BCUT2D eigenvalue weighted by atomic mass is 9.95. The summed E-state index contributed by atoms with van der Waals surface area (Å²) in [7, 11) is 0. The fourth-order valence-corrected chi connectivity index (χ4v) is 2.51. The first kappa shape index (κ1) is 15.9. The Kier molecular flexibility index (Phi) is 4.62. The Bertz CT molecular complexity index is 678.